The maximum atomic E-state index is 12.6. The van der Waals surface area contributed by atoms with Crippen LogP contribution in [-0.2, 0) is 15.8 Å². The van der Waals surface area contributed by atoms with Crippen LogP contribution in [0.25, 0.3) is 0 Å². The summed E-state index contributed by atoms with van der Waals surface area (Å²) < 4.78 is 27.0. The van der Waals surface area contributed by atoms with Gasteiger partial charge in [-0.05, 0) is 43.7 Å². The summed E-state index contributed by atoms with van der Waals surface area (Å²) >= 11 is 0. The summed E-state index contributed by atoms with van der Waals surface area (Å²) in [4.78, 5) is 2.46. The van der Waals surface area contributed by atoms with E-state index < -0.39 is 10.0 Å². The third-order valence-corrected chi connectivity index (χ3v) is 6.97. The molecule has 0 radical (unpaired) electrons. The van der Waals surface area contributed by atoms with E-state index in [-0.39, 0.29) is 5.75 Å². The van der Waals surface area contributed by atoms with Crippen LogP contribution in [-0.4, -0.2) is 49.8 Å². The van der Waals surface area contributed by atoms with Gasteiger partial charge in [0, 0.05) is 32.2 Å². The Hall–Kier alpha value is -0.910. The third kappa shape index (κ3) is 3.53. The van der Waals surface area contributed by atoms with Gasteiger partial charge >= 0.3 is 0 Å². The van der Waals surface area contributed by atoms with E-state index in [0.29, 0.717) is 19.1 Å². The van der Waals surface area contributed by atoms with Crippen molar-refractivity contribution in [1.29, 1.82) is 0 Å². The molecule has 1 aliphatic heterocycles. The van der Waals surface area contributed by atoms with Crippen LogP contribution in [0, 0.1) is 12.8 Å². The summed E-state index contributed by atoms with van der Waals surface area (Å²) in [5.41, 5.74) is 1.96. The van der Waals surface area contributed by atoms with Crippen LogP contribution < -0.4 is 0 Å². The second-order valence-corrected chi connectivity index (χ2v) is 8.66. The molecule has 0 N–H and O–H groups in total. The van der Waals surface area contributed by atoms with Gasteiger partial charge in [0.05, 0.1) is 5.75 Å². The lowest BCUT2D eigenvalue weighted by Gasteiger charge is -2.37. The molecule has 2 fully saturated rings. The summed E-state index contributed by atoms with van der Waals surface area (Å²) in [7, 11) is -3.21. The molecule has 1 aliphatic carbocycles. The third-order valence-electron chi connectivity index (χ3n) is 5.15. The van der Waals surface area contributed by atoms with Crippen molar-refractivity contribution in [1.82, 2.24) is 9.21 Å². The highest BCUT2D eigenvalue weighted by atomic mass is 32.2. The largest absolute Gasteiger partial charge is 0.298 e. The van der Waals surface area contributed by atoms with Crippen LogP contribution in [0.5, 0.6) is 0 Å². The van der Waals surface area contributed by atoms with Gasteiger partial charge in [0.1, 0.15) is 0 Å². The second-order valence-electron chi connectivity index (χ2n) is 6.70. The molecule has 3 rings (SSSR count). The summed E-state index contributed by atoms with van der Waals surface area (Å²) in [6, 6.07) is 8.36. The van der Waals surface area contributed by atoms with Gasteiger partial charge in [-0.25, -0.2) is 8.42 Å². The first-order chi connectivity index (χ1) is 10.5. The number of aryl methyl sites for hydroxylation is 1. The van der Waals surface area contributed by atoms with Crippen molar-refractivity contribution < 1.29 is 8.42 Å². The first kappa shape index (κ1) is 16.0. The number of nitrogens with zero attached hydrogens (tertiary/aromatic N) is 2. The molecular formula is C17H26N2O2S. The summed E-state index contributed by atoms with van der Waals surface area (Å²) in [6.45, 7) is 7.25. The molecule has 0 amide bonds. The quantitative estimate of drug-likeness (QED) is 0.835. The summed E-state index contributed by atoms with van der Waals surface area (Å²) in [5.74, 6) is 0.966. The molecule has 2 aliphatic rings. The number of hydrogen-bond donors (Lipinski definition) is 0. The van der Waals surface area contributed by atoms with E-state index in [1.165, 1.54) is 12.8 Å². The Morgan fingerprint density at radius 3 is 2.36 bits per heavy atom. The minimum Gasteiger partial charge on any atom is -0.298 e. The lowest BCUT2D eigenvalue weighted by molar-refractivity contribution is 0.133. The number of rotatable bonds is 5. The minimum absolute atomic E-state index is 0.123. The Morgan fingerprint density at radius 2 is 1.77 bits per heavy atom. The normalized spacial score (nSPS) is 22.6. The fourth-order valence-electron chi connectivity index (χ4n) is 3.33. The highest BCUT2D eigenvalue weighted by Crippen LogP contribution is 2.35. The van der Waals surface area contributed by atoms with E-state index in [4.69, 9.17) is 0 Å². The monoisotopic (exact) mass is 322 g/mol. The smallest absolute Gasteiger partial charge is 0.218 e. The molecule has 1 saturated carbocycles. The molecule has 22 heavy (non-hydrogen) atoms. The van der Waals surface area contributed by atoms with Crippen molar-refractivity contribution in [2.45, 2.75) is 38.5 Å². The molecule has 1 aromatic rings. The lowest BCUT2D eigenvalue weighted by Crippen LogP contribution is -2.51. The Morgan fingerprint density at radius 1 is 1.14 bits per heavy atom. The van der Waals surface area contributed by atoms with Crippen molar-refractivity contribution in [3.8, 4) is 0 Å². The number of hydrogen-bond acceptors (Lipinski definition) is 3. The van der Waals surface area contributed by atoms with Crippen LogP contribution >= 0.6 is 0 Å². The average Bonchev–Trinajstić information content (AvgIpc) is 3.34. The zero-order valence-corrected chi connectivity index (χ0v) is 14.3. The number of benzene rings is 1. The predicted octanol–water partition coefficient (Wildman–Crippen LogP) is 2.24. The van der Waals surface area contributed by atoms with Gasteiger partial charge in [0.15, 0.2) is 0 Å². The van der Waals surface area contributed by atoms with Crippen molar-refractivity contribution in [2.24, 2.45) is 5.92 Å². The summed E-state index contributed by atoms with van der Waals surface area (Å²) in [5, 5.41) is 0. The van der Waals surface area contributed by atoms with E-state index in [9.17, 15) is 8.42 Å². The zero-order chi connectivity index (χ0) is 15.7. The number of piperazine rings is 1. The topological polar surface area (TPSA) is 40.6 Å². The van der Waals surface area contributed by atoms with E-state index in [2.05, 4.69) is 11.8 Å². The fourth-order valence-corrected chi connectivity index (χ4v) is 4.94. The summed E-state index contributed by atoms with van der Waals surface area (Å²) in [6.07, 6.45) is 2.68. The Balaban J connectivity index is 1.61. The maximum Gasteiger partial charge on any atom is 0.218 e. The molecule has 1 unspecified atom stereocenters. The van der Waals surface area contributed by atoms with Gasteiger partial charge in [-0.1, -0.05) is 24.3 Å². The average molecular weight is 322 g/mol. The van der Waals surface area contributed by atoms with Crippen LogP contribution in [0.1, 0.15) is 30.9 Å². The molecule has 5 heteroatoms. The van der Waals surface area contributed by atoms with Crippen molar-refractivity contribution >= 4 is 10.0 Å². The second kappa shape index (κ2) is 6.30. The first-order valence-electron chi connectivity index (χ1n) is 8.24. The van der Waals surface area contributed by atoms with Crippen LogP contribution in [0.4, 0.5) is 0 Å². The van der Waals surface area contributed by atoms with Gasteiger partial charge in [-0.3, -0.25) is 4.90 Å². The van der Waals surface area contributed by atoms with E-state index >= 15 is 0 Å². The molecular weight excluding hydrogens is 296 g/mol. The molecule has 0 bridgehead atoms. The minimum atomic E-state index is -3.21. The molecule has 0 aromatic heterocycles. The zero-order valence-electron chi connectivity index (χ0n) is 13.5. The molecule has 1 aromatic carbocycles. The van der Waals surface area contributed by atoms with Crippen LogP contribution in [0.3, 0.4) is 0 Å². The Labute approximate surface area is 134 Å². The Bertz CT molecular complexity index is 617. The fraction of sp³-hybridized carbons (Fsp3) is 0.647. The number of sulfonamides is 1. The van der Waals surface area contributed by atoms with Crippen molar-refractivity contribution in [2.75, 3.05) is 26.2 Å². The van der Waals surface area contributed by atoms with Gasteiger partial charge < -0.3 is 0 Å². The van der Waals surface area contributed by atoms with Gasteiger partial charge in [-0.2, -0.15) is 4.31 Å². The molecule has 4 nitrogen and oxygen atoms in total. The molecule has 0 spiro atoms. The van der Waals surface area contributed by atoms with E-state index in [0.717, 1.165) is 30.1 Å². The van der Waals surface area contributed by atoms with Gasteiger partial charge in [-0.15, -0.1) is 0 Å². The van der Waals surface area contributed by atoms with Gasteiger partial charge in [0.2, 0.25) is 10.0 Å². The lowest BCUT2D eigenvalue weighted by atomic mass is 10.1. The van der Waals surface area contributed by atoms with Crippen molar-refractivity contribution in [3.05, 3.63) is 35.4 Å². The predicted molar refractivity (Wildman–Crippen MR) is 89.1 cm³/mol. The highest BCUT2D eigenvalue weighted by molar-refractivity contribution is 7.88. The molecule has 1 saturated heterocycles. The van der Waals surface area contributed by atoms with Crippen LogP contribution in [0.15, 0.2) is 24.3 Å². The van der Waals surface area contributed by atoms with E-state index in [1.54, 1.807) is 4.31 Å². The SMILES string of the molecule is Cc1ccccc1CS(=O)(=O)N1CCN(C(C)C2CC2)CC1. The van der Waals surface area contributed by atoms with Crippen molar-refractivity contribution in [3.63, 3.8) is 0 Å². The van der Waals surface area contributed by atoms with Gasteiger partial charge in [0.25, 0.3) is 0 Å². The van der Waals surface area contributed by atoms with Crippen LogP contribution in [0.2, 0.25) is 0 Å². The molecule has 122 valence electrons. The molecule has 1 atom stereocenters. The maximum absolute atomic E-state index is 12.6. The molecule has 1 heterocycles. The first-order valence-corrected chi connectivity index (χ1v) is 9.84. The highest BCUT2D eigenvalue weighted by Gasteiger charge is 2.35. The van der Waals surface area contributed by atoms with E-state index in [1.807, 2.05) is 31.2 Å². The Kier molecular flexibility index (Phi) is 4.57. The standard InChI is InChI=1S/C17H26N2O2S/c1-14-5-3-4-6-17(14)13-22(20,21)19-11-9-18(10-12-19)15(2)16-7-8-16/h3-6,15-16H,7-13H2,1-2H3.